The van der Waals surface area contributed by atoms with Gasteiger partial charge in [0.05, 0.1) is 34.4 Å². The van der Waals surface area contributed by atoms with E-state index in [0.29, 0.717) is 24.1 Å². The minimum absolute atomic E-state index is 0.0816. The van der Waals surface area contributed by atoms with Gasteiger partial charge < -0.3 is 18.9 Å². The number of phosphoric ester groups is 1. The number of allylic oxidation sites excluding steroid dienone is 10. The highest BCUT2D eigenvalue weighted by molar-refractivity contribution is 7.47. The number of ether oxygens (including phenoxy) is 2. The molecule has 8 nitrogen and oxygen atoms in total. The molecule has 0 aliphatic rings. The van der Waals surface area contributed by atoms with Gasteiger partial charge in [-0.05, 0) is 77.0 Å². The smallest absolute Gasteiger partial charge is 0.457 e. The van der Waals surface area contributed by atoms with E-state index in [9.17, 15) is 14.3 Å². The van der Waals surface area contributed by atoms with E-state index in [0.717, 1.165) is 70.6 Å². The van der Waals surface area contributed by atoms with E-state index in [1.165, 1.54) is 128 Å². The lowest BCUT2D eigenvalue weighted by Gasteiger charge is -2.24. The average molecular weight is 907 g/mol. The van der Waals surface area contributed by atoms with Crippen molar-refractivity contribution < 1.29 is 37.3 Å². The maximum Gasteiger partial charge on any atom is 0.472 e. The normalized spacial score (nSPS) is 14.1. The zero-order chi connectivity index (χ0) is 46.2. The lowest BCUT2D eigenvalue weighted by atomic mass is 10.0. The number of hydrogen-bond donors (Lipinski definition) is 1. The molecule has 0 heterocycles. The maximum absolute atomic E-state index is 12.7. The van der Waals surface area contributed by atoms with Crippen LogP contribution < -0.4 is 0 Å². The van der Waals surface area contributed by atoms with E-state index in [-0.39, 0.29) is 25.8 Å². The zero-order valence-electron chi connectivity index (χ0n) is 41.8. The molecule has 9 heteroatoms. The fraction of sp³-hybridized carbons (Fsp3) is 0.796. The van der Waals surface area contributed by atoms with E-state index in [1.807, 2.05) is 21.1 Å². The van der Waals surface area contributed by atoms with Gasteiger partial charge in [0.15, 0.2) is 0 Å². The van der Waals surface area contributed by atoms with Gasteiger partial charge in [-0.1, -0.05) is 197 Å². The highest BCUT2D eigenvalue weighted by Gasteiger charge is 2.26. The van der Waals surface area contributed by atoms with Crippen molar-refractivity contribution >= 4 is 13.8 Å². The van der Waals surface area contributed by atoms with Crippen LogP contribution in [0.25, 0.3) is 0 Å². The van der Waals surface area contributed by atoms with Crippen molar-refractivity contribution in [1.29, 1.82) is 0 Å². The molecule has 0 aliphatic heterocycles. The molecule has 0 aliphatic carbocycles. The molecule has 0 aromatic rings. The van der Waals surface area contributed by atoms with E-state index >= 15 is 0 Å². The van der Waals surface area contributed by atoms with Crippen LogP contribution in [0.5, 0.6) is 0 Å². The van der Waals surface area contributed by atoms with Crippen LogP contribution in [0.2, 0.25) is 0 Å². The molecule has 0 fully saturated rings. The van der Waals surface area contributed by atoms with Gasteiger partial charge in [0.2, 0.25) is 0 Å². The molecular weight excluding hydrogens is 806 g/mol. The molecule has 0 aromatic heterocycles. The third-order valence-corrected chi connectivity index (χ3v) is 12.0. The monoisotopic (exact) mass is 907 g/mol. The standard InChI is InChI=1S/C54H100NO7P/c1-6-8-10-12-14-16-18-20-22-24-25-26-27-28-29-30-32-34-36-38-40-42-44-46-49-59-51-53(52-61-63(57,58)60-50-48-55(3,4)5)62-54(56)47-45-43-41-39-37-35-33-31-23-21-19-17-15-13-11-9-7-2/h9,11,15,17,21,23-25,33,35,53H,6-8,10,12-14,16,18-20,22,26-32,34,36-52H2,1-5H3/p+1/b11-9-,17-15-,23-21-,25-24-,35-33-. The van der Waals surface area contributed by atoms with Crippen molar-refractivity contribution in [3.63, 3.8) is 0 Å². The first-order valence-corrected chi connectivity index (χ1v) is 27.5. The van der Waals surface area contributed by atoms with E-state index in [2.05, 4.69) is 74.6 Å². The summed E-state index contributed by atoms with van der Waals surface area (Å²) < 4.78 is 35.1. The Hall–Kier alpha value is -1.80. The molecule has 0 spiro atoms. The Morgan fingerprint density at radius 3 is 1.40 bits per heavy atom. The molecule has 0 amide bonds. The second kappa shape index (κ2) is 46.7. The number of carbonyl (C=O) groups is 1. The summed E-state index contributed by atoms with van der Waals surface area (Å²) in [4.78, 5) is 23.0. The first kappa shape index (κ1) is 61.2. The molecule has 0 bridgehead atoms. The minimum atomic E-state index is -4.29. The van der Waals surface area contributed by atoms with Crippen LogP contribution in [0, 0.1) is 0 Å². The molecule has 1 N–H and O–H groups in total. The minimum Gasteiger partial charge on any atom is -0.457 e. The van der Waals surface area contributed by atoms with E-state index in [1.54, 1.807) is 0 Å². The molecule has 0 aromatic carbocycles. The third kappa shape index (κ3) is 51.1. The summed E-state index contributed by atoms with van der Waals surface area (Å²) in [7, 11) is 1.65. The molecule has 0 saturated carbocycles. The Morgan fingerprint density at radius 2 is 0.921 bits per heavy atom. The summed E-state index contributed by atoms with van der Waals surface area (Å²) in [6, 6.07) is 0. The van der Waals surface area contributed by atoms with Crippen LogP contribution in [0.3, 0.4) is 0 Å². The molecule has 63 heavy (non-hydrogen) atoms. The van der Waals surface area contributed by atoms with Gasteiger partial charge in [0.1, 0.15) is 19.3 Å². The number of unbranched alkanes of at least 4 members (excludes halogenated alkanes) is 24. The summed E-state index contributed by atoms with van der Waals surface area (Å²) in [5, 5.41) is 0. The Morgan fingerprint density at radius 1 is 0.508 bits per heavy atom. The highest BCUT2D eigenvalue weighted by Crippen LogP contribution is 2.43. The number of quaternary nitrogens is 1. The third-order valence-electron chi connectivity index (χ3n) is 11.1. The van der Waals surface area contributed by atoms with Crippen LogP contribution >= 0.6 is 7.82 Å². The fourth-order valence-electron chi connectivity index (χ4n) is 7.07. The van der Waals surface area contributed by atoms with Gasteiger partial charge in [-0.25, -0.2) is 4.57 Å². The van der Waals surface area contributed by atoms with Crippen LogP contribution in [0.4, 0.5) is 0 Å². The van der Waals surface area contributed by atoms with Crippen molar-refractivity contribution in [3.05, 3.63) is 60.8 Å². The number of nitrogens with zero attached hydrogens (tertiary/aromatic N) is 1. The predicted octanol–water partition coefficient (Wildman–Crippen LogP) is 16.1. The van der Waals surface area contributed by atoms with E-state index < -0.39 is 13.9 Å². The SMILES string of the molecule is CC/C=C\C/C=C\C/C=C\C/C=C\CCCCCCC(=O)OC(COCCCCCCCCCCCCCC/C=C\CCCCCCCCCC)COP(=O)(O)OCC[N+](C)(C)C. The second-order valence-electron chi connectivity index (χ2n) is 18.5. The predicted molar refractivity (Wildman–Crippen MR) is 270 cm³/mol. The summed E-state index contributed by atoms with van der Waals surface area (Å²) in [5.41, 5.74) is 0. The summed E-state index contributed by atoms with van der Waals surface area (Å²) in [6.45, 7) is 5.49. The van der Waals surface area contributed by atoms with Crippen molar-refractivity contribution in [2.75, 3.05) is 54.1 Å². The van der Waals surface area contributed by atoms with Crippen LogP contribution in [0.15, 0.2) is 60.8 Å². The summed E-state index contributed by atoms with van der Waals surface area (Å²) in [5.74, 6) is -0.336. The molecule has 368 valence electrons. The Labute approximate surface area is 390 Å². The van der Waals surface area contributed by atoms with Crippen molar-refractivity contribution in [2.24, 2.45) is 0 Å². The number of rotatable bonds is 48. The van der Waals surface area contributed by atoms with Crippen molar-refractivity contribution in [1.82, 2.24) is 0 Å². The Kier molecular flexibility index (Phi) is 45.4. The number of carbonyl (C=O) groups excluding carboxylic acids is 1. The molecule has 0 rings (SSSR count). The van der Waals surface area contributed by atoms with Gasteiger partial charge in [-0.2, -0.15) is 0 Å². The van der Waals surface area contributed by atoms with Gasteiger partial charge in [-0.15, -0.1) is 0 Å². The zero-order valence-corrected chi connectivity index (χ0v) is 42.7. The lowest BCUT2D eigenvalue weighted by Crippen LogP contribution is -2.37. The highest BCUT2D eigenvalue weighted by atomic mass is 31.2. The van der Waals surface area contributed by atoms with E-state index in [4.69, 9.17) is 18.5 Å². The number of phosphoric acid groups is 1. The average Bonchev–Trinajstić information content (AvgIpc) is 3.24. The number of likely N-dealkylation sites (N-methyl/N-ethyl adjacent to an activating group) is 1. The van der Waals surface area contributed by atoms with Crippen LogP contribution in [0.1, 0.15) is 219 Å². The molecular formula is C54H101NO7P+. The first-order valence-electron chi connectivity index (χ1n) is 26.0. The first-order chi connectivity index (χ1) is 30.6. The number of esters is 1. The topological polar surface area (TPSA) is 91.3 Å². The molecule has 0 radical (unpaired) electrons. The summed E-state index contributed by atoms with van der Waals surface area (Å²) in [6.07, 6.45) is 59.9. The second-order valence-corrected chi connectivity index (χ2v) is 20.0. The molecule has 2 atom stereocenters. The van der Waals surface area contributed by atoms with Crippen LogP contribution in [-0.4, -0.2) is 75.6 Å². The van der Waals surface area contributed by atoms with Gasteiger partial charge >= 0.3 is 13.8 Å². The quantitative estimate of drug-likeness (QED) is 0.0214. The fourth-order valence-corrected chi connectivity index (χ4v) is 7.81. The van der Waals surface area contributed by atoms with Gasteiger partial charge in [-0.3, -0.25) is 13.8 Å². The Bertz CT molecular complexity index is 1190. The van der Waals surface area contributed by atoms with Crippen molar-refractivity contribution in [3.8, 4) is 0 Å². The largest absolute Gasteiger partial charge is 0.472 e. The van der Waals surface area contributed by atoms with Crippen molar-refractivity contribution in [2.45, 2.75) is 225 Å². The maximum atomic E-state index is 12.7. The number of hydrogen-bond acceptors (Lipinski definition) is 6. The Balaban J connectivity index is 4.13. The molecule has 0 saturated heterocycles. The van der Waals surface area contributed by atoms with Gasteiger partial charge in [0, 0.05) is 13.0 Å². The molecule has 2 unspecified atom stereocenters. The summed E-state index contributed by atoms with van der Waals surface area (Å²) >= 11 is 0. The van der Waals surface area contributed by atoms with Crippen LogP contribution in [-0.2, 0) is 27.9 Å². The van der Waals surface area contributed by atoms with Gasteiger partial charge in [0.25, 0.3) is 0 Å². The lowest BCUT2D eigenvalue weighted by molar-refractivity contribution is -0.870.